The van der Waals surface area contributed by atoms with Gasteiger partial charge in [0, 0.05) is 32.8 Å². The van der Waals surface area contributed by atoms with Gasteiger partial charge in [-0.1, -0.05) is 6.07 Å². The van der Waals surface area contributed by atoms with Gasteiger partial charge in [-0.2, -0.15) is 0 Å². The van der Waals surface area contributed by atoms with Crippen LogP contribution in [-0.2, 0) is 20.7 Å². The molecular weight excluding hydrogens is 330 g/mol. The molecule has 1 unspecified atom stereocenters. The van der Waals surface area contributed by atoms with Gasteiger partial charge in [0.2, 0.25) is 11.8 Å². The predicted molar refractivity (Wildman–Crippen MR) is 86.8 cm³/mol. The van der Waals surface area contributed by atoms with E-state index in [2.05, 4.69) is 0 Å². The molecule has 2 saturated heterocycles. The molecule has 2 aliphatic rings. The van der Waals surface area contributed by atoms with Crippen LogP contribution in [0.1, 0.15) is 18.4 Å². The van der Waals surface area contributed by atoms with Crippen LogP contribution in [0.2, 0.25) is 0 Å². The fourth-order valence-electron chi connectivity index (χ4n) is 3.31. The Balaban J connectivity index is 1.55. The summed E-state index contributed by atoms with van der Waals surface area (Å²) in [5.74, 6) is -1.96. The normalized spacial score (nSPS) is 21.3. The van der Waals surface area contributed by atoms with Crippen LogP contribution in [0, 0.1) is 17.6 Å². The highest BCUT2D eigenvalue weighted by Crippen LogP contribution is 2.17. The number of ether oxygens (including phenoxy) is 1. The van der Waals surface area contributed by atoms with E-state index in [1.54, 1.807) is 4.90 Å². The van der Waals surface area contributed by atoms with Gasteiger partial charge in [-0.3, -0.25) is 9.59 Å². The molecule has 1 aromatic rings. The molecule has 0 aliphatic carbocycles. The second-order valence-electron chi connectivity index (χ2n) is 6.55. The van der Waals surface area contributed by atoms with Gasteiger partial charge in [0.15, 0.2) is 11.6 Å². The van der Waals surface area contributed by atoms with Gasteiger partial charge in [0.25, 0.3) is 0 Å². The monoisotopic (exact) mass is 352 g/mol. The number of halogens is 2. The van der Waals surface area contributed by atoms with Crippen molar-refractivity contribution in [1.82, 2.24) is 9.80 Å². The summed E-state index contributed by atoms with van der Waals surface area (Å²) < 4.78 is 31.5. The van der Waals surface area contributed by atoms with Gasteiger partial charge >= 0.3 is 0 Å². The standard InChI is InChI=1S/C18H22F2N2O3/c19-15-3-2-13(10-16(15)20)11-17(23)21-5-1-6-22(8-7-21)18(24)14-4-9-25-12-14/h2-3,10,14H,1,4-9,11-12H2. The fraction of sp³-hybridized carbons (Fsp3) is 0.556. The molecule has 2 amide bonds. The molecule has 1 atom stereocenters. The highest BCUT2D eigenvalue weighted by molar-refractivity contribution is 5.80. The van der Waals surface area contributed by atoms with Crippen molar-refractivity contribution in [2.24, 2.45) is 5.92 Å². The molecule has 1 aromatic carbocycles. The Bertz CT molecular complexity index is 647. The molecule has 0 N–H and O–H groups in total. The third-order valence-corrected chi connectivity index (χ3v) is 4.78. The van der Waals surface area contributed by atoms with E-state index in [0.717, 1.165) is 18.6 Å². The van der Waals surface area contributed by atoms with Gasteiger partial charge in [-0.25, -0.2) is 8.78 Å². The Morgan fingerprint density at radius 1 is 1.08 bits per heavy atom. The van der Waals surface area contributed by atoms with Crippen LogP contribution in [0.3, 0.4) is 0 Å². The smallest absolute Gasteiger partial charge is 0.228 e. The number of amides is 2. The summed E-state index contributed by atoms with van der Waals surface area (Å²) in [6.45, 7) is 3.26. The summed E-state index contributed by atoms with van der Waals surface area (Å²) in [5.41, 5.74) is 0.448. The Morgan fingerprint density at radius 2 is 1.84 bits per heavy atom. The molecule has 7 heteroatoms. The van der Waals surface area contributed by atoms with E-state index in [0.29, 0.717) is 51.4 Å². The molecule has 5 nitrogen and oxygen atoms in total. The van der Waals surface area contributed by atoms with Crippen molar-refractivity contribution in [3.05, 3.63) is 35.4 Å². The largest absolute Gasteiger partial charge is 0.381 e. The summed E-state index contributed by atoms with van der Waals surface area (Å²) >= 11 is 0. The van der Waals surface area contributed by atoms with Gasteiger partial charge in [0.1, 0.15) is 0 Å². The summed E-state index contributed by atoms with van der Waals surface area (Å²) in [6.07, 6.45) is 1.50. The van der Waals surface area contributed by atoms with E-state index in [1.807, 2.05) is 4.90 Å². The predicted octanol–water partition coefficient (Wildman–Crippen LogP) is 1.60. The van der Waals surface area contributed by atoms with E-state index >= 15 is 0 Å². The average Bonchev–Trinajstić information content (AvgIpc) is 3.02. The van der Waals surface area contributed by atoms with Crippen LogP contribution < -0.4 is 0 Å². The third-order valence-electron chi connectivity index (χ3n) is 4.78. The lowest BCUT2D eigenvalue weighted by Crippen LogP contribution is -2.40. The molecule has 0 saturated carbocycles. The number of nitrogens with zero attached hydrogens (tertiary/aromatic N) is 2. The quantitative estimate of drug-likeness (QED) is 0.830. The Morgan fingerprint density at radius 3 is 2.56 bits per heavy atom. The van der Waals surface area contributed by atoms with Gasteiger partial charge < -0.3 is 14.5 Å². The average molecular weight is 352 g/mol. The molecule has 2 heterocycles. The second kappa shape index (κ2) is 7.91. The Labute approximate surface area is 145 Å². The molecule has 0 bridgehead atoms. The fourth-order valence-corrected chi connectivity index (χ4v) is 3.31. The van der Waals surface area contributed by atoms with Crippen molar-refractivity contribution in [3.63, 3.8) is 0 Å². The summed E-state index contributed by atoms with van der Waals surface area (Å²) in [4.78, 5) is 28.4. The minimum atomic E-state index is -0.947. The van der Waals surface area contributed by atoms with Crippen molar-refractivity contribution >= 4 is 11.8 Å². The Kier molecular flexibility index (Phi) is 5.63. The number of carbonyl (C=O) groups excluding carboxylic acids is 2. The zero-order chi connectivity index (χ0) is 17.8. The van der Waals surface area contributed by atoms with E-state index < -0.39 is 11.6 Å². The van der Waals surface area contributed by atoms with Crippen molar-refractivity contribution in [2.75, 3.05) is 39.4 Å². The summed E-state index contributed by atoms with van der Waals surface area (Å²) in [5, 5.41) is 0. The van der Waals surface area contributed by atoms with Crippen LogP contribution in [0.25, 0.3) is 0 Å². The molecule has 136 valence electrons. The summed E-state index contributed by atoms with van der Waals surface area (Å²) in [6, 6.07) is 3.51. The molecular formula is C18H22F2N2O3. The molecule has 25 heavy (non-hydrogen) atoms. The summed E-state index contributed by atoms with van der Waals surface area (Å²) in [7, 11) is 0. The third kappa shape index (κ3) is 4.34. The second-order valence-corrected chi connectivity index (χ2v) is 6.55. The zero-order valence-electron chi connectivity index (χ0n) is 14.0. The van der Waals surface area contributed by atoms with E-state index in [-0.39, 0.29) is 24.2 Å². The maximum atomic E-state index is 13.3. The molecule has 0 aromatic heterocycles. The first-order chi connectivity index (χ1) is 12.0. The zero-order valence-corrected chi connectivity index (χ0v) is 14.0. The minimum Gasteiger partial charge on any atom is -0.381 e. The van der Waals surface area contributed by atoms with Crippen molar-refractivity contribution < 1.29 is 23.1 Å². The first kappa shape index (κ1) is 17.8. The Hall–Kier alpha value is -2.02. The number of carbonyl (C=O) groups is 2. The van der Waals surface area contributed by atoms with Crippen LogP contribution in [0.5, 0.6) is 0 Å². The number of rotatable bonds is 3. The van der Waals surface area contributed by atoms with Crippen molar-refractivity contribution in [2.45, 2.75) is 19.3 Å². The van der Waals surface area contributed by atoms with Crippen LogP contribution in [-0.4, -0.2) is 61.0 Å². The van der Waals surface area contributed by atoms with Crippen LogP contribution >= 0.6 is 0 Å². The molecule has 2 fully saturated rings. The molecule has 0 radical (unpaired) electrons. The molecule has 0 spiro atoms. The van der Waals surface area contributed by atoms with Crippen molar-refractivity contribution in [3.8, 4) is 0 Å². The number of hydrogen-bond acceptors (Lipinski definition) is 3. The van der Waals surface area contributed by atoms with E-state index in [9.17, 15) is 18.4 Å². The van der Waals surface area contributed by atoms with Gasteiger partial charge in [-0.15, -0.1) is 0 Å². The highest BCUT2D eigenvalue weighted by Gasteiger charge is 2.29. The van der Waals surface area contributed by atoms with Crippen molar-refractivity contribution in [1.29, 1.82) is 0 Å². The van der Waals surface area contributed by atoms with Gasteiger partial charge in [0.05, 0.1) is 18.9 Å². The maximum Gasteiger partial charge on any atom is 0.228 e. The molecule has 2 aliphatic heterocycles. The number of benzene rings is 1. The van der Waals surface area contributed by atoms with Crippen LogP contribution in [0.15, 0.2) is 18.2 Å². The number of hydrogen-bond donors (Lipinski definition) is 0. The topological polar surface area (TPSA) is 49.9 Å². The molecule has 3 rings (SSSR count). The minimum absolute atomic E-state index is 0.0294. The lowest BCUT2D eigenvalue weighted by Gasteiger charge is -2.24. The van der Waals surface area contributed by atoms with Crippen LogP contribution in [0.4, 0.5) is 8.78 Å². The lowest BCUT2D eigenvalue weighted by molar-refractivity contribution is -0.136. The maximum absolute atomic E-state index is 13.3. The van der Waals surface area contributed by atoms with Gasteiger partial charge in [-0.05, 0) is 30.5 Å². The highest BCUT2D eigenvalue weighted by atomic mass is 19.2. The van der Waals surface area contributed by atoms with E-state index in [1.165, 1.54) is 6.07 Å². The lowest BCUT2D eigenvalue weighted by atomic mass is 10.1. The first-order valence-electron chi connectivity index (χ1n) is 8.63. The first-order valence-corrected chi connectivity index (χ1v) is 8.63. The SMILES string of the molecule is O=C(Cc1ccc(F)c(F)c1)N1CCCN(C(=O)C2CCOC2)CC1. The van der Waals surface area contributed by atoms with E-state index in [4.69, 9.17) is 4.74 Å².